The Balaban J connectivity index is 2.20. The highest BCUT2D eigenvalue weighted by Crippen LogP contribution is 2.35. The van der Waals surface area contributed by atoms with Crippen molar-refractivity contribution in [2.45, 2.75) is 19.1 Å². The predicted octanol–water partition coefficient (Wildman–Crippen LogP) is 4.07. The number of alkyl halides is 3. The van der Waals surface area contributed by atoms with Crippen molar-refractivity contribution in [3.05, 3.63) is 52.1 Å². The summed E-state index contributed by atoms with van der Waals surface area (Å²) in [6.45, 7) is 1.41. The molecule has 0 aliphatic carbocycles. The Bertz CT molecular complexity index is 896. The zero-order chi connectivity index (χ0) is 21.8. The van der Waals surface area contributed by atoms with Gasteiger partial charge in [0.25, 0.3) is 5.69 Å². The number of hydrogen-bond donors (Lipinski definition) is 2. The summed E-state index contributed by atoms with van der Waals surface area (Å²) in [6, 6.07) is 5.71. The molecule has 2 aromatic carbocycles. The molecule has 0 aromatic heterocycles. The van der Waals surface area contributed by atoms with E-state index < -0.39 is 34.3 Å². The largest absolute Gasteiger partial charge is 0.497 e. The van der Waals surface area contributed by atoms with Crippen LogP contribution in [0.5, 0.6) is 11.5 Å². The summed E-state index contributed by atoms with van der Waals surface area (Å²) < 4.78 is 48.6. The van der Waals surface area contributed by atoms with Crippen LogP contribution < -0.4 is 20.1 Å². The number of nitrogens with one attached hydrogen (secondary N) is 2. The number of halogens is 3. The lowest BCUT2D eigenvalue weighted by molar-refractivity contribution is -0.384. The molecule has 0 unspecified atom stereocenters. The molecular weight excluding hydrogens is 395 g/mol. The third kappa shape index (κ3) is 5.50. The summed E-state index contributed by atoms with van der Waals surface area (Å²) >= 11 is 0. The van der Waals surface area contributed by atoms with Crippen LogP contribution in [0.15, 0.2) is 36.4 Å². The predicted molar refractivity (Wildman–Crippen MR) is 99.4 cm³/mol. The minimum absolute atomic E-state index is 0.214. The van der Waals surface area contributed by atoms with Gasteiger partial charge < -0.3 is 20.1 Å². The van der Waals surface area contributed by atoms with Gasteiger partial charge in [-0.15, -0.1) is 0 Å². The van der Waals surface area contributed by atoms with E-state index in [4.69, 9.17) is 9.47 Å². The summed E-state index contributed by atoms with van der Waals surface area (Å²) in [4.78, 5) is 22.6. The van der Waals surface area contributed by atoms with Gasteiger partial charge in [-0.05, 0) is 19.1 Å². The number of nitrogens with zero attached hydrogens (tertiary/aromatic N) is 1. The molecule has 2 aromatic rings. The van der Waals surface area contributed by atoms with E-state index in [1.165, 1.54) is 33.3 Å². The van der Waals surface area contributed by atoms with Crippen LogP contribution in [0, 0.1) is 10.1 Å². The first kappa shape index (κ1) is 21.8. The minimum atomic E-state index is -4.72. The van der Waals surface area contributed by atoms with Gasteiger partial charge in [-0.1, -0.05) is 0 Å². The number of carbonyl (C=O) groups is 1. The average Bonchev–Trinajstić information content (AvgIpc) is 2.66. The first-order valence-corrected chi connectivity index (χ1v) is 8.21. The fourth-order valence-electron chi connectivity index (χ4n) is 2.41. The lowest BCUT2D eigenvalue weighted by Gasteiger charge is -2.17. The Hall–Kier alpha value is -3.50. The third-order valence-electron chi connectivity index (χ3n) is 3.91. The molecule has 0 aliphatic rings. The van der Waals surface area contributed by atoms with Crippen LogP contribution in [0.3, 0.4) is 0 Å². The van der Waals surface area contributed by atoms with E-state index in [1.807, 2.05) is 0 Å². The molecule has 2 N–H and O–H groups in total. The van der Waals surface area contributed by atoms with E-state index in [-0.39, 0.29) is 5.69 Å². The molecule has 2 rings (SSSR count). The van der Waals surface area contributed by atoms with E-state index in [9.17, 15) is 28.1 Å². The third-order valence-corrected chi connectivity index (χ3v) is 3.91. The van der Waals surface area contributed by atoms with Crippen molar-refractivity contribution in [3.63, 3.8) is 0 Å². The standard InChI is InChI=1S/C18H18F3N3O5/c1-10(17(25)23-12-7-13(28-2)9-14(8-12)29-3)22-15-5-4-11(18(19,20)21)6-16(15)24(26)27/h4-10,22H,1-3H3,(H,23,25)/t10-/m0/s1. The van der Waals surface area contributed by atoms with Crippen LogP contribution in [0.1, 0.15) is 12.5 Å². The Morgan fingerprint density at radius 3 is 2.17 bits per heavy atom. The summed E-state index contributed by atoms with van der Waals surface area (Å²) in [6.07, 6.45) is -4.72. The molecule has 156 valence electrons. The van der Waals surface area contributed by atoms with Crippen LogP contribution in [0.2, 0.25) is 0 Å². The van der Waals surface area contributed by atoms with Crippen LogP contribution >= 0.6 is 0 Å². The van der Waals surface area contributed by atoms with Gasteiger partial charge in [-0.25, -0.2) is 0 Å². The van der Waals surface area contributed by atoms with Crippen molar-refractivity contribution in [3.8, 4) is 11.5 Å². The number of carbonyl (C=O) groups excluding carboxylic acids is 1. The number of ether oxygens (including phenoxy) is 2. The van der Waals surface area contributed by atoms with Crippen molar-refractivity contribution in [2.24, 2.45) is 0 Å². The highest BCUT2D eigenvalue weighted by Gasteiger charge is 2.33. The van der Waals surface area contributed by atoms with Crippen molar-refractivity contribution in [2.75, 3.05) is 24.9 Å². The number of amides is 1. The molecule has 0 heterocycles. The molecule has 0 aliphatic heterocycles. The topological polar surface area (TPSA) is 103 Å². The molecular formula is C18H18F3N3O5. The normalized spacial score (nSPS) is 12.1. The number of nitro groups is 1. The van der Waals surface area contributed by atoms with Gasteiger partial charge in [0, 0.05) is 30.0 Å². The van der Waals surface area contributed by atoms with Gasteiger partial charge in [-0.2, -0.15) is 13.2 Å². The van der Waals surface area contributed by atoms with Gasteiger partial charge in [0.15, 0.2) is 0 Å². The maximum Gasteiger partial charge on any atom is 0.416 e. The van der Waals surface area contributed by atoms with E-state index >= 15 is 0 Å². The molecule has 0 radical (unpaired) electrons. The van der Waals surface area contributed by atoms with Gasteiger partial charge >= 0.3 is 6.18 Å². The van der Waals surface area contributed by atoms with E-state index in [0.29, 0.717) is 29.3 Å². The second-order valence-corrected chi connectivity index (χ2v) is 5.94. The van der Waals surface area contributed by atoms with E-state index in [1.54, 1.807) is 6.07 Å². The molecule has 11 heteroatoms. The van der Waals surface area contributed by atoms with Crippen molar-refractivity contribution < 1.29 is 32.4 Å². The summed E-state index contributed by atoms with van der Waals surface area (Å²) in [5.41, 5.74) is -1.81. The molecule has 0 fully saturated rings. The van der Waals surface area contributed by atoms with Gasteiger partial charge in [0.05, 0.1) is 24.7 Å². The van der Waals surface area contributed by atoms with Crippen molar-refractivity contribution >= 4 is 23.0 Å². The summed E-state index contributed by atoms with van der Waals surface area (Å²) in [5, 5.41) is 16.3. The minimum Gasteiger partial charge on any atom is -0.497 e. The number of nitro benzene ring substituents is 1. The molecule has 0 saturated heterocycles. The molecule has 0 saturated carbocycles. The number of methoxy groups -OCH3 is 2. The lowest BCUT2D eigenvalue weighted by Crippen LogP contribution is -2.32. The maximum atomic E-state index is 12.8. The van der Waals surface area contributed by atoms with E-state index in [0.717, 1.165) is 6.07 Å². The molecule has 8 nitrogen and oxygen atoms in total. The van der Waals surface area contributed by atoms with Crippen LogP contribution in [-0.4, -0.2) is 31.1 Å². The highest BCUT2D eigenvalue weighted by molar-refractivity contribution is 5.97. The Morgan fingerprint density at radius 1 is 1.10 bits per heavy atom. The Kier molecular flexibility index (Phi) is 6.52. The van der Waals surface area contributed by atoms with Crippen LogP contribution in [0.25, 0.3) is 0 Å². The van der Waals surface area contributed by atoms with Crippen LogP contribution in [0.4, 0.5) is 30.2 Å². The molecule has 0 spiro atoms. The summed E-state index contributed by atoms with van der Waals surface area (Å²) in [5.74, 6) is 0.284. The fraction of sp³-hybridized carbons (Fsp3) is 0.278. The number of hydrogen-bond acceptors (Lipinski definition) is 6. The van der Waals surface area contributed by atoms with Crippen molar-refractivity contribution in [1.82, 2.24) is 0 Å². The van der Waals surface area contributed by atoms with Gasteiger partial charge in [0.1, 0.15) is 23.2 Å². The average molecular weight is 413 g/mol. The molecule has 1 amide bonds. The second-order valence-electron chi connectivity index (χ2n) is 5.94. The first-order valence-electron chi connectivity index (χ1n) is 8.21. The number of anilines is 2. The summed E-state index contributed by atoms with van der Waals surface area (Å²) in [7, 11) is 2.88. The smallest absolute Gasteiger partial charge is 0.416 e. The maximum absolute atomic E-state index is 12.8. The monoisotopic (exact) mass is 413 g/mol. The SMILES string of the molecule is COc1cc(NC(=O)[C@H](C)Nc2ccc(C(F)(F)F)cc2[N+](=O)[O-])cc(OC)c1. The zero-order valence-corrected chi connectivity index (χ0v) is 15.7. The van der Waals surface area contributed by atoms with Crippen molar-refractivity contribution in [1.29, 1.82) is 0 Å². The molecule has 29 heavy (non-hydrogen) atoms. The lowest BCUT2D eigenvalue weighted by atomic mass is 10.1. The Labute approximate surface area is 163 Å². The molecule has 1 atom stereocenters. The van der Waals surface area contributed by atoms with Crippen LogP contribution in [-0.2, 0) is 11.0 Å². The van der Waals surface area contributed by atoms with Gasteiger partial charge in [-0.3, -0.25) is 14.9 Å². The van der Waals surface area contributed by atoms with Gasteiger partial charge in [0.2, 0.25) is 5.91 Å². The first-order chi connectivity index (χ1) is 13.5. The van der Waals surface area contributed by atoms with E-state index in [2.05, 4.69) is 10.6 Å². The zero-order valence-electron chi connectivity index (χ0n) is 15.7. The number of rotatable bonds is 7. The number of benzene rings is 2. The quantitative estimate of drug-likeness (QED) is 0.524. The Morgan fingerprint density at radius 2 is 1.69 bits per heavy atom. The molecule has 0 bridgehead atoms. The fourth-order valence-corrected chi connectivity index (χ4v) is 2.41. The second kappa shape index (κ2) is 8.67. The highest BCUT2D eigenvalue weighted by atomic mass is 19.4.